The predicted molar refractivity (Wildman–Crippen MR) is 388 cm³/mol. The first-order valence-corrected chi connectivity index (χ1v) is 37.8. The van der Waals surface area contributed by atoms with Crippen molar-refractivity contribution in [2.45, 2.75) is 195 Å². The molecule has 4 aliphatic carbocycles. The van der Waals surface area contributed by atoms with Gasteiger partial charge in [-0.05, 0) is 131 Å². The fraction of sp³-hybridized carbons (Fsp3) is 0.415. The molecular weight excluding hydrogens is 1240 g/mol. The van der Waals surface area contributed by atoms with Crippen molar-refractivity contribution in [3.05, 3.63) is 185 Å². The lowest BCUT2D eigenvalue weighted by Crippen LogP contribution is -2.31. The van der Waals surface area contributed by atoms with E-state index in [9.17, 15) is 25.4 Å². The van der Waals surface area contributed by atoms with Gasteiger partial charge in [-0.15, -0.1) is 45.3 Å². The number of halogens is 2. The van der Waals surface area contributed by atoms with Gasteiger partial charge in [-0.1, -0.05) is 207 Å². The van der Waals surface area contributed by atoms with E-state index in [1.165, 1.54) is 57.1 Å². The molecule has 4 heterocycles. The van der Waals surface area contributed by atoms with Gasteiger partial charge >= 0.3 is 0 Å². The number of carbonyl (C=O) groups excluding carboxylic acids is 2. The zero-order valence-corrected chi connectivity index (χ0v) is 58.9. The van der Waals surface area contributed by atoms with E-state index in [1.54, 1.807) is 46.9 Å². The number of unbranched alkanes of at least 4 members (excludes halogenated alkanes) is 4. The summed E-state index contributed by atoms with van der Waals surface area (Å²) in [5.41, 5.74) is 7.64. The summed E-state index contributed by atoms with van der Waals surface area (Å²) in [6, 6.07) is 32.4. The van der Waals surface area contributed by atoms with Gasteiger partial charge in [-0.25, -0.2) is 18.9 Å². The molecule has 0 N–H and O–H groups in total. The van der Waals surface area contributed by atoms with Gasteiger partial charge in [0, 0.05) is 94.4 Å². The Labute approximate surface area is 572 Å². The van der Waals surface area contributed by atoms with Crippen molar-refractivity contribution >= 4 is 80.2 Å². The predicted octanol–water partition coefficient (Wildman–Crippen LogP) is 25.0. The number of thiophene rings is 4. The summed E-state index contributed by atoms with van der Waals surface area (Å²) in [6.07, 6.45) is 24.5. The van der Waals surface area contributed by atoms with Crippen molar-refractivity contribution in [1.82, 2.24) is 0 Å². The number of ketones is 2. The van der Waals surface area contributed by atoms with Crippen molar-refractivity contribution in [2.24, 2.45) is 23.7 Å². The highest BCUT2D eigenvalue weighted by Crippen LogP contribution is 2.65. The Kier molecular flexibility index (Phi) is 21.2. The Morgan fingerprint density at radius 3 is 1.16 bits per heavy atom. The third kappa shape index (κ3) is 12.4. The minimum atomic E-state index is -0.490. The van der Waals surface area contributed by atoms with Gasteiger partial charge in [-0.2, -0.15) is 10.5 Å². The molecule has 4 aliphatic rings. The monoisotopic (exact) mass is 1320 g/mol. The molecule has 0 bridgehead atoms. The summed E-state index contributed by atoms with van der Waals surface area (Å²) < 4.78 is 35.8. The molecule has 0 spiro atoms. The summed E-state index contributed by atoms with van der Waals surface area (Å²) in [5.74, 6) is 0.187. The van der Waals surface area contributed by atoms with Crippen LogP contribution in [0.5, 0.6) is 0 Å². The van der Waals surface area contributed by atoms with Crippen LogP contribution in [0.2, 0.25) is 0 Å². The molecule has 0 fully saturated rings. The summed E-state index contributed by atoms with van der Waals surface area (Å²) in [4.78, 5) is 39.7. The first-order valence-electron chi connectivity index (χ1n) is 34.5. The Morgan fingerprint density at radius 2 is 0.819 bits per heavy atom. The molecule has 0 saturated heterocycles. The number of hydrogen-bond donors (Lipinski definition) is 0. The third-order valence-electron chi connectivity index (χ3n) is 21.2. The fourth-order valence-corrected chi connectivity index (χ4v) is 21.3. The highest BCUT2D eigenvalue weighted by Gasteiger charge is 2.50. The van der Waals surface area contributed by atoms with E-state index < -0.39 is 22.5 Å². The van der Waals surface area contributed by atoms with E-state index in [-0.39, 0.29) is 34.0 Å². The zero-order chi connectivity index (χ0) is 66.6. The Hall–Kier alpha value is -7.42. The molecule has 4 aromatic heterocycles. The normalized spacial score (nSPS) is 19.2. The van der Waals surface area contributed by atoms with Gasteiger partial charge in [0.05, 0.1) is 12.6 Å². The van der Waals surface area contributed by atoms with Gasteiger partial charge in [0.25, 0.3) is 5.70 Å². The van der Waals surface area contributed by atoms with Crippen LogP contribution in [0.3, 0.4) is 0 Å². The van der Waals surface area contributed by atoms with E-state index in [0.29, 0.717) is 78.0 Å². The Bertz CT molecular complexity index is 4050. The fourth-order valence-electron chi connectivity index (χ4n) is 16.1. The van der Waals surface area contributed by atoms with Crippen LogP contribution in [0.1, 0.15) is 248 Å². The van der Waals surface area contributed by atoms with Crippen molar-refractivity contribution in [3.8, 4) is 58.6 Å². The SMILES string of the molecule is [C-]#[N+]/C(C#N)=C1/C(=C/c2cc3c(s2)-c2sc(-c4cc(F)c(-c5cc6c(s5)-c5sc(/C=C7\C(=O)c8ccccc8C7=C(C#N)C#N)cc5C6(CC(CC)CCCC)CC(CC)CCCC)cc4F)cc2C3(CC(CC)CCCC)CC(CC)CCCC)C(=O)c2ccccc21. The van der Waals surface area contributed by atoms with Crippen LogP contribution < -0.4 is 0 Å². The molecule has 0 radical (unpaired) electrons. The van der Waals surface area contributed by atoms with Gasteiger partial charge in [0.15, 0.2) is 11.6 Å². The average molecular weight is 1320 g/mol. The summed E-state index contributed by atoms with van der Waals surface area (Å²) >= 11 is 6.26. The molecule has 0 amide bonds. The van der Waals surface area contributed by atoms with Crippen molar-refractivity contribution in [1.29, 1.82) is 15.8 Å². The Morgan fingerprint density at radius 1 is 0.479 bits per heavy atom. The summed E-state index contributed by atoms with van der Waals surface area (Å²) in [5, 5.41) is 30.7. The van der Waals surface area contributed by atoms with Crippen LogP contribution >= 0.6 is 45.3 Å². The molecule has 94 heavy (non-hydrogen) atoms. The van der Waals surface area contributed by atoms with E-state index in [2.05, 4.69) is 103 Å². The number of Topliss-reactive ketones (excluding diaryl/α,β-unsaturated/α-hetero) is 2. The smallest absolute Gasteiger partial charge is 0.270 e. The molecular formula is C82H84F2N4O2S4. The number of allylic oxidation sites excluding steroid dienone is 6. The van der Waals surface area contributed by atoms with Crippen LogP contribution in [-0.2, 0) is 10.8 Å². The summed E-state index contributed by atoms with van der Waals surface area (Å²) in [7, 11) is 0. The lowest BCUT2D eigenvalue weighted by molar-refractivity contribution is 0.103. The lowest BCUT2D eigenvalue weighted by Gasteiger charge is -2.37. The molecule has 7 aromatic rings. The second-order valence-corrected chi connectivity index (χ2v) is 31.0. The Balaban J connectivity index is 1.06. The largest absolute Gasteiger partial charge is 0.289 e. The number of hydrogen-bond acceptors (Lipinski definition) is 9. The molecule has 4 atom stereocenters. The molecule has 6 nitrogen and oxygen atoms in total. The topological polar surface area (TPSA) is 110 Å². The number of nitrogens with zero attached hydrogens (tertiary/aromatic N) is 4. The molecule has 11 rings (SSSR count). The maximum absolute atomic E-state index is 17.9. The number of carbonyl (C=O) groups is 2. The molecule has 12 heteroatoms. The molecule has 3 aromatic carbocycles. The van der Waals surface area contributed by atoms with Gasteiger partial charge < -0.3 is 0 Å². The van der Waals surface area contributed by atoms with E-state index in [0.717, 1.165) is 158 Å². The van der Waals surface area contributed by atoms with Gasteiger partial charge in [-0.3, -0.25) is 9.59 Å². The number of rotatable bonds is 28. The van der Waals surface area contributed by atoms with Gasteiger partial charge in [0.1, 0.15) is 29.3 Å². The van der Waals surface area contributed by atoms with E-state index in [4.69, 9.17) is 6.57 Å². The van der Waals surface area contributed by atoms with E-state index >= 15 is 8.78 Å². The maximum atomic E-state index is 17.9. The number of nitriles is 3. The minimum absolute atomic E-state index is 0.104. The summed E-state index contributed by atoms with van der Waals surface area (Å²) in [6.45, 7) is 26.1. The number of fused-ring (bicyclic) bond motifs is 8. The first-order chi connectivity index (χ1) is 45.7. The van der Waals surface area contributed by atoms with Crippen molar-refractivity contribution < 1.29 is 18.4 Å². The molecule has 0 saturated carbocycles. The standard InChI is InChI=1S/C82H84F2N4O2S4/c1-10-18-26-49(14-5)42-81(43-50(15-6)27-19-11-2)64-36-54(34-62-73(53(46-85)47-86)56-30-22-24-32-58(56)75(62)89)91-77(64)79-66(81)40-71(93-79)60-38-69(84)61(39-68(60)83)72-41-67-80(94-72)78-65(82(67,44-51(16-7)28-20-12-3)45-52(17-8)29-21-13-4)37-55(92-78)35-63-74(70(48-87)88-9)57-31-23-25-33-59(57)76(63)90/h22-25,30-41,49-52H,10-21,26-29,42-45H2,1-8H3/b62-34-,63-35-,74-70+. The van der Waals surface area contributed by atoms with Crippen LogP contribution in [0.4, 0.5) is 8.78 Å². The van der Waals surface area contributed by atoms with Crippen molar-refractivity contribution in [2.75, 3.05) is 0 Å². The average Bonchev–Trinajstić information content (AvgIpc) is 1.55. The second kappa shape index (κ2) is 29.3. The highest BCUT2D eigenvalue weighted by atomic mass is 32.1. The third-order valence-corrected chi connectivity index (χ3v) is 26.0. The minimum Gasteiger partial charge on any atom is -0.289 e. The molecule has 4 unspecified atom stereocenters. The van der Waals surface area contributed by atoms with Crippen LogP contribution in [0.25, 0.3) is 68.5 Å². The van der Waals surface area contributed by atoms with E-state index in [1.807, 2.05) is 36.4 Å². The molecule has 0 aliphatic heterocycles. The molecule has 482 valence electrons. The van der Waals surface area contributed by atoms with Gasteiger partial charge in [0.2, 0.25) is 0 Å². The highest BCUT2D eigenvalue weighted by molar-refractivity contribution is 7.25. The van der Waals surface area contributed by atoms with Crippen LogP contribution in [0, 0.1) is 75.9 Å². The lowest BCUT2D eigenvalue weighted by atomic mass is 9.65. The van der Waals surface area contributed by atoms with Crippen LogP contribution in [0.15, 0.2) is 107 Å². The number of benzene rings is 3. The first kappa shape index (κ1) is 68.0. The maximum Gasteiger partial charge on any atom is 0.270 e. The second-order valence-electron chi connectivity index (χ2n) is 26.7. The van der Waals surface area contributed by atoms with Crippen molar-refractivity contribution in [3.63, 3.8) is 0 Å². The van der Waals surface area contributed by atoms with Crippen LogP contribution in [-0.4, -0.2) is 11.6 Å². The quantitative estimate of drug-likeness (QED) is 0.0276. The zero-order valence-electron chi connectivity index (χ0n) is 55.7.